The van der Waals surface area contributed by atoms with Crippen LogP contribution in [0.15, 0.2) is 24.3 Å². The van der Waals surface area contributed by atoms with Gasteiger partial charge in [-0.2, -0.15) is 0 Å². The minimum Gasteiger partial charge on any atom is -0.352 e. The van der Waals surface area contributed by atoms with Crippen LogP contribution in [0.3, 0.4) is 0 Å². The first-order valence-electron chi connectivity index (χ1n) is 5.90. The van der Waals surface area contributed by atoms with E-state index in [0.29, 0.717) is 17.8 Å². The van der Waals surface area contributed by atoms with E-state index in [1.54, 1.807) is 24.3 Å². The molecule has 0 spiro atoms. The van der Waals surface area contributed by atoms with Gasteiger partial charge in [-0.25, -0.2) is 0 Å². The van der Waals surface area contributed by atoms with Crippen LogP contribution in [0, 0.1) is 0 Å². The minimum atomic E-state index is -0.135. The number of nitrogens with two attached hydrogens (primary N) is 1. The molecular formula is C13H19N3O2. The van der Waals surface area contributed by atoms with Crippen molar-refractivity contribution in [1.29, 1.82) is 0 Å². The van der Waals surface area contributed by atoms with E-state index >= 15 is 0 Å². The lowest BCUT2D eigenvalue weighted by Crippen LogP contribution is -2.28. The summed E-state index contributed by atoms with van der Waals surface area (Å²) in [4.78, 5) is 22.6. The van der Waals surface area contributed by atoms with Crippen LogP contribution in [0.2, 0.25) is 0 Å². The Bertz CT molecular complexity index is 413. The number of benzene rings is 1. The molecule has 4 N–H and O–H groups in total. The maximum absolute atomic E-state index is 11.7. The van der Waals surface area contributed by atoms with Gasteiger partial charge in [-0.15, -0.1) is 0 Å². The van der Waals surface area contributed by atoms with Crippen molar-refractivity contribution in [2.24, 2.45) is 5.73 Å². The molecule has 0 radical (unpaired) electrons. The van der Waals surface area contributed by atoms with Crippen LogP contribution in [0.5, 0.6) is 0 Å². The van der Waals surface area contributed by atoms with Crippen molar-refractivity contribution in [3.63, 3.8) is 0 Å². The average Bonchev–Trinajstić information content (AvgIpc) is 2.28. The zero-order valence-corrected chi connectivity index (χ0v) is 10.7. The summed E-state index contributed by atoms with van der Waals surface area (Å²) in [5.41, 5.74) is 6.83. The Kier molecular flexibility index (Phi) is 5.32. The highest BCUT2D eigenvalue weighted by molar-refractivity contribution is 5.95. The zero-order valence-electron chi connectivity index (χ0n) is 10.7. The third kappa shape index (κ3) is 4.97. The monoisotopic (exact) mass is 249 g/mol. The Morgan fingerprint density at radius 2 is 1.89 bits per heavy atom. The highest BCUT2D eigenvalue weighted by Gasteiger charge is 2.05. The largest absolute Gasteiger partial charge is 0.352 e. The van der Waals surface area contributed by atoms with E-state index in [-0.39, 0.29) is 17.9 Å². The van der Waals surface area contributed by atoms with Gasteiger partial charge in [-0.05, 0) is 37.6 Å². The molecule has 18 heavy (non-hydrogen) atoms. The molecule has 0 heterocycles. The lowest BCUT2D eigenvalue weighted by atomic mass is 10.2. The number of carbonyl (C=O) groups is 2. The van der Waals surface area contributed by atoms with Crippen molar-refractivity contribution in [2.75, 3.05) is 11.9 Å². The van der Waals surface area contributed by atoms with Crippen molar-refractivity contribution in [2.45, 2.75) is 26.3 Å². The van der Waals surface area contributed by atoms with Crippen molar-refractivity contribution in [1.82, 2.24) is 5.32 Å². The fourth-order valence-electron chi connectivity index (χ4n) is 1.42. The van der Waals surface area contributed by atoms with Crippen molar-refractivity contribution < 1.29 is 9.59 Å². The van der Waals surface area contributed by atoms with Crippen molar-refractivity contribution in [3.05, 3.63) is 29.8 Å². The van der Waals surface area contributed by atoms with E-state index in [0.717, 1.165) is 6.42 Å². The topological polar surface area (TPSA) is 84.2 Å². The van der Waals surface area contributed by atoms with E-state index in [4.69, 9.17) is 5.73 Å². The predicted octanol–water partition coefficient (Wildman–Crippen LogP) is 1.11. The zero-order chi connectivity index (χ0) is 13.5. The minimum absolute atomic E-state index is 0.0763. The highest BCUT2D eigenvalue weighted by Crippen LogP contribution is 2.09. The van der Waals surface area contributed by atoms with Gasteiger partial charge < -0.3 is 16.4 Å². The third-order valence-electron chi connectivity index (χ3n) is 2.35. The molecule has 0 bridgehead atoms. The molecule has 1 aromatic rings. The smallest absolute Gasteiger partial charge is 0.251 e. The van der Waals surface area contributed by atoms with E-state index in [1.165, 1.54) is 6.92 Å². The normalized spacial score (nSPS) is 11.7. The van der Waals surface area contributed by atoms with Gasteiger partial charge in [0.1, 0.15) is 0 Å². The number of amides is 2. The molecule has 0 saturated heterocycles. The first-order chi connectivity index (χ1) is 8.49. The fourth-order valence-corrected chi connectivity index (χ4v) is 1.42. The summed E-state index contributed by atoms with van der Waals surface area (Å²) in [5, 5.41) is 5.43. The van der Waals surface area contributed by atoms with Gasteiger partial charge in [0, 0.05) is 30.8 Å². The molecule has 0 saturated carbocycles. The second-order valence-corrected chi connectivity index (χ2v) is 4.28. The van der Waals surface area contributed by atoms with Crippen LogP contribution in [0.1, 0.15) is 30.6 Å². The summed E-state index contributed by atoms with van der Waals surface area (Å²) < 4.78 is 0. The van der Waals surface area contributed by atoms with Crippen LogP contribution >= 0.6 is 0 Å². The number of hydrogen-bond acceptors (Lipinski definition) is 3. The number of nitrogens with one attached hydrogen (secondary N) is 2. The van der Waals surface area contributed by atoms with E-state index in [2.05, 4.69) is 10.6 Å². The SMILES string of the molecule is CC(=O)Nc1ccc(C(=O)NCCC(C)N)cc1. The molecule has 0 aliphatic heterocycles. The van der Waals surface area contributed by atoms with E-state index in [1.807, 2.05) is 6.92 Å². The Morgan fingerprint density at radius 3 is 2.39 bits per heavy atom. The van der Waals surface area contributed by atoms with E-state index < -0.39 is 0 Å². The Morgan fingerprint density at radius 1 is 1.28 bits per heavy atom. The molecule has 5 heteroatoms. The average molecular weight is 249 g/mol. The highest BCUT2D eigenvalue weighted by atomic mass is 16.2. The molecular weight excluding hydrogens is 230 g/mol. The number of rotatable bonds is 5. The van der Waals surface area contributed by atoms with Gasteiger partial charge >= 0.3 is 0 Å². The maximum Gasteiger partial charge on any atom is 0.251 e. The summed E-state index contributed by atoms with van der Waals surface area (Å²) in [6.45, 7) is 3.90. The fraction of sp³-hybridized carbons (Fsp3) is 0.385. The Labute approximate surface area is 107 Å². The standard InChI is InChI=1S/C13H19N3O2/c1-9(14)7-8-15-13(18)11-3-5-12(6-4-11)16-10(2)17/h3-6,9H,7-8,14H2,1-2H3,(H,15,18)(H,16,17). The van der Waals surface area contributed by atoms with Gasteiger partial charge in [0.25, 0.3) is 5.91 Å². The van der Waals surface area contributed by atoms with Crippen LogP contribution < -0.4 is 16.4 Å². The Balaban J connectivity index is 2.51. The predicted molar refractivity (Wildman–Crippen MR) is 71.3 cm³/mol. The molecule has 1 aromatic carbocycles. The van der Waals surface area contributed by atoms with Crippen LogP contribution in [-0.2, 0) is 4.79 Å². The summed E-state index contributed by atoms with van der Waals surface area (Å²) in [5.74, 6) is -0.269. The third-order valence-corrected chi connectivity index (χ3v) is 2.35. The van der Waals surface area contributed by atoms with Gasteiger partial charge in [0.2, 0.25) is 5.91 Å². The molecule has 98 valence electrons. The second-order valence-electron chi connectivity index (χ2n) is 4.28. The second kappa shape index (κ2) is 6.76. The number of carbonyl (C=O) groups excluding carboxylic acids is 2. The summed E-state index contributed by atoms with van der Waals surface area (Å²) >= 11 is 0. The molecule has 5 nitrogen and oxygen atoms in total. The van der Waals surface area contributed by atoms with Crippen LogP contribution in [0.25, 0.3) is 0 Å². The van der Waals surface area contributed by atoms with Crippen molar-refractivity contribution >= 4 is 17.5 Å². The molecule has 0 aliphatic carbocycles. The maximum atomic E-state index is 11.7. The number of anilines is 1. The molecule has 0 aromatic heterocycles. The number of hydrogen-bond donors (Lipinski definition) is 3. The summed E-state index contributed by atoms with van der Waals surface area (Å²) in [7, 11) is 0. The lowest BCUT2D eigenvalue weighted by molar-refractivity contribution is -0.114. The van der Waals surface area contributed by atoms with E-state index in [9.17, 15) is 9.59 Å². The lowest BCUT2D eigenvalue weighted by Gasteiger charge is -2.08. The van der Waals surface area contributed by atoms with Gasteiger partial charge in [0.15, 0.2) is 0 Å². The first-order valence-corrected chi connectivity index (χ1v) is 5.90. The molecule has 1 atom stereocenters. The molecule has 0 fully saturated rings. The molecule has 0 aliphatic rings. The molecule has 2 amide bonds. The first kappa shape index (κ1) is 14.2. The summed E-state index contributed by atoms with van der Waals surface area (Å²) in [6.07, 6.45) is 0.746. The molecule has 1 rings (SSSR count). The van der Waals surface area contributed by atoms with Gasteiger partial charge in [-0.3, -0.25) is 9.59 Å². The molecule has 1 unspecified atom stereocenters. The Hall–Kier alpha value is -1.88. The van der Waals surface area contributed by atoms with Crippen LogP contribution in [-0.4, -0.2) is 24.4 Å². The van der Waals surface area contributed by atoms with Crippen molar-refractivity contribution in [3.8, 4) is 0 Å². The van der Waals surface area contributed by atoms with Gasteiger partial charge in [0.05, 0.1) is 0 Å². The summed E-state index contributed by atoms with van der Waals surface area (Å²) in [6, 6.07) is 6.82. The quantitative estimate of drug-likeness (QED) is 0.731. The van der Waals surface area contributed by atoms with Crippen LogP contribution in [0.4, 0.5) is 5.69 Å². The van der Waals surface area contributed by atoms with Gasteiger partial charge in [-0.1, -0.05) is 0 Å².